The number of rotatable bonds is 4. The predicted octanol–water partition coefficient (Wildman–Crippen LogP) is 4.23. The Kier molecular flexibility index (Phi) is 6.89. The number of anilines is 1. The monoisotopic (exact) mass is 484 g/mol. The Morgan fingerprint density at radius 2 is 1.84 bits per heavy atom. The summed E-state index contributed by atoms with van der Waals surface area (Å²) < 4.78 is 5.55. The van der Waals surface area contributed by atoms with E-state index in [2.05, 4.69) is 5.32 Å². The van der Waals surface area contributed by atoms with Crippen LogP contribution in [0.5, 0.6) is 0 Å². The maximum absolute atomic E-state index is 13.8. The SMILES string of the molecule is CC(C)(C)OC(=O)N1CCC(Cc2ccccc2)(C(=O)c2ccc3c(c2)CC(=O)N3)C1.[Zn]. The van der Waals surface area contributed by atoms with Crippen LogP contribution in [0.3, 0.4) is 0 Å². The summed E-state index contributed by atoms with van der Waals surface area (Å²) in [5, 5.41) is 2.81. The van der Waals surface area contributed by atoms with Crippen molar-refractivity contribution in [2.24, 2.45) is 5.41 Å². The zero-order valence-corrected chi connectivity index (χ0v) is 21.9. The number of ether oxygens (including phenoxy) is 1. The fourth-order valence-electron chi connectivity index (χ4n) is 4.43. The van der Waals surface area contributed by atoms with Crippen molar-refractivity contribution in [2.45, 2.75) is 45.6 Å². The van der Waals surface area contributed by atoms with E-state index in [9.17, 15) is 14.4 Å². The van der Waals surface area contributed by atoms with E-state index in [1.807, 2.05) is 57.2 Å². The van der Waals surface area contributed by atoms with Crippen LogP contribution in [-0.4, -0.2) is 41.4 Å². The Hall–Kier alpha value is -2.53. The van der Waals surface area contributed by atoms with Crippen LogP contribution in [0.15, 0.2) is 48.5 Å². The van der Waals surface area contributed by atoms with Crippen LogP contribution in [-0.2, 0) is 41.9 Å². The van der Waals surface area contributed by atoms with Gasteiger partial charge in [0.1, 0.15) is 5.60 Å². The van der Waals surface area contributed by atoms with Crippen LogP contribution in [0.2, 0.25) is 0 Å². The largest absolute Gasteiger partial charge is 0.444 e. The molecule has 1 atom stereocenters. The van der Waals surface area contributed by atoms with Crippen molar-refractivity contribution in [1.29, 1.82) is 0 Å². The van der Waals surface area contributed by atoms with Crippen LogP contribution in [0.4, 0.5) is 10.5 Å². The number of carbonyl (C=O) groups excluding carboxylic acids is 3. The Labute approximate surface area is 201 Å². The third-order valence-corrected chi connectivity index (χ3v) is 5.87. The average Bonchev–Trinajstić information content (AvgIpc) is 3.30. The molecule has 4 rings (SSSR count). The van der Waals surface area contributed by atoms with Gasteiger partial charge in [-0.15, -0.1) is 0 Å². The van der Waals surface area contributed by atoms with Gasteiger partial charge in [0.05, 0.1) is 11.8 Å². The van der Waals surface area contributed by atoms with Gasteiger partial charge in [-0.05, 0) is 62.9 Å². The average molecular weight is 486 g/mol. The molecule has 164 valence electrons. The summed E-state index contributed by atoms with van der Waals surface area (Å²) in [6.45, 7) is 6.29. The molecule has 0 saturated carbocycles. The topological polar surface area (TPSA) is 75.7 Å². The molecule has 2 aliphatic rings. The van der Waals surface area contributed by atoms with E-state index in [1.54, 1.807) is 17.0 Å². The molecular formula is C25H28N2O4Zn. The van der Waals surface area contributed by atoms with Crippen LogP contribution in [0.1, 0.15) is 48.7 Å². The van der Waals surface area contributed by atoms with Gasteiger partial charge in [-0.25, -0.2) is 4.79 Å². The molecule has 0 aliphatic carbocycles. The second kappa shape index (κ2) is 9.15. The van der Waals surface area contributed by atoms with Gasteiger partial charge in [0, 0.05) is 43.8 Å². The number of amides is 2. The predicted molar refractivity (Wildman–Crippen MR) is 118 cm³/mol. The molecule has 0 spiro atoms. The third kappa shape index (κ3) is 5.10. The van der Waals surface area contributed by atoms with Crippen molar-refractivity contribution in [3.63, 3.8) is 0 Å². The van der Waals surface area contributed by atoms with Crippen LogP contribution < -0.4 is 5.32 Å². The fourth-order valence-corrected chi connectivity index (χ4v) is 4.43. The first-order valence-electron chi connectivity index (χ1n) is 10.6. The molecular weight excluding hydrogens is 458 g/mol. The summed E-state index contributed by atoms with van der Waals surface area (Å²) in [7, 11) is 0. The summed E-state index contributed by atoms with van der Waals surface area (Å²) >= 11 is 0. The molecule has 32 heavy (non-hydrogen) atoms. The van der Waals surface area contributed by atoms with E-state index in [1.165, 1.54) is 0 Å². The van der Waals surface area contributed by atoms with E-state index in [0.29, 0.717) is 31.5 Å². The van der Waals surface area contributed by atoms with Crippen molar-refractivity contribution in [3.05, 3.63) is 65.2 Å². The van der Waals surface area contributed by atoms with Crippen LogP contribution in [0.25, 0.3) is 0 Å². The number of carbonyl (C=O) groups is 3. The van der Waals surface area contributed by atoms with Crippen LogP contribution >= 0.6 is 0 Å². The molecule has 2 amide bonds. The fraction of sp³-hybridized carbons (Fsp3) is 0.400. The number of nitrogens with one attached hydrogen (secondary N) is 1. The van der Waals surface area contributed by atoms with Gasteiger partial charge < -0.3 is 15.0 Å². The third-order valence-electron chi connectivity index (χ3n) is 5.87. The molecule has 1 fully saturated rings. The van der Waals surface area contributed by atoms with Gasteiger partial charge in [0.25, 0.3) is 0 Å². The number of hydrogen-bond acceptors (Lipinski definition) is 4. The first kappa shape index (κ1) is 24.1. The second-order valence-electron chi connectivity index (χ2n) is 9.52. The summed E-state index contributed by atoms with van der Waals surface area (Å²) in [4.78, 5) is 39.9. The van der Waals surface area contributed by atoms with Crippen molar-refractivity contribution >= 4 is 23.5 Å². The number of nitrogens with zero attached hydrogens (tertiary/aromatic N) is 1. The maximum atomic E-state index is 13.8. The van der Waals surface area contributed by atoms with E-state index in [0.717, 1.165) is 16.8 Å². The van der Waals surface area contributed by atoms with E-state index in [4.69, 9.17) is 4.74 Å². The molecule has 1 N–H and O–H groups in total. The maximum Gasteiger partial charge on any atom is 0.410 e. The molecule has 1 unspecified atom stereocenters. The van der Waals surface area contributed by atoms with Gasteiger partial charge >= 0.3 is 6.09 Å². The number of benzene rings is 2. The van der Waals surface area contributed by atoms with Gasteiger partial charge in [-0.3, -0.25) is 9.59 Å². The minimum atomic E-state index is -0.734. The van der Waals surface area contributed by atoms with Gasteiger partial charge in [-0.1, -0.05) is 30.3 Å². The Morgan fingerprint density at radius 3 is 2.53 bits per heavy atom. The Balaban J connectivity index is 0.00000289. The number of likely N-dealkylation sites (tertiary alicyclic amines) is 1. The molecule has 1 saturated heterocycles. The molecule has 6 nitrogen and oxygen atoms in total. The van der Waals surface area contributed by atoms with E-state index >= 15 is 0 Å². The molecule has 7 heteroatoms. The summed E-state index contributed by atoms with van der Waals surface area (Å²) in [5.74, 6) is -0.0554. The molecule has 2 aliphatic heterocycles. The molecule has 0 radical (unpaired) electrons. The minimum absolute atomic E-state index is 0. The molecule has 0 aromatic heterocycles. The summed E-state index contributed by atoms with van der Waals surface area (Å²) in [6.07, 6.45) is 1.000. The number of fused-ring (bicyclic) bond motifs is 1. The molecule has 2 heterocycles. The smallest absolute Gasteiger partial charge is 0.410 e. The summed E-state index contributed by atoms with van der Waals surface area (Å²) in [5.41, 5.74) is 1.92. The van der Waals surface area contributed by atoms with Crippen molar-refractivity contribution in [1.82, 2.24) is 4.90 Å². The minimum Gasteiger partial charge on any atom is -0.444 e. The first-order chi connectivity index (χ1) is 14.7. The van der Waals surface area contributed by atoms with Crippen molar-refractivity contribution < 1.29 is 38.6 Å². The number of ketones is 1. The van der Waals surface area contributed by atoms with Crippen LogP contribution in [0, 0.1) is 5.41 Å². The standard InChI is InChI=1S/C25H28N2O4.Zn/c1-24(2,3)31-23(30)27-12-11-25(16-27,15-17-7-5-4-6-8-17)22(29)18-9-10-20-19(13-18)14-21(28)26-20;/h4-10,13H,11-12,14-16H2,1-3H3,(H,26,28);. The van der Waals surface area contributed by atoms with E-state index in [-0.39, 0.29) is 43.7 Å². The van der Waals surface area contributed by atoms with Gasteiger partial charge in [0.2, 0.25) is 5.91 Å². The normalized spacial score (nSPS) is 19.7. The Morgan fingerprint density at radius 1 is 1.12 bits per heavy atom. The van der Waals surface area contributed by atoms with Crippen molar-refractivity contribution in [3.8, 4) is 0 Å². The molecule has 0 bridgehead atoms. The quantitative estimate of drug-likeness (QED) is 0.519. The van der Waals surface area contributed by atoms with Crippen molar-refractivity contribution in [2.75, 3.05) is 18.4 Å². The molecule has 2 aromatic rings. The first-order valence-corrected chi connectivity index (χ1v) is 10.6. The molecule has 2 aromatic carbocycles. The number of Topliss-reactive ketones (excluding diaryl/α,β-unsaturated/α-hetero) is 1. The second-order valence-corrected chi connectivity index (χ2v) is 9.52. The van der Waals surface area contributed by atoms with E-state index < -0.39 is 11.0 Å². The Bertz CT molecular complexity index is 1030. The van der Waals surface area contributed by atoms with Gasteiger partial charge in [-0.2, -0.15) is 0 Å². The zero-order chi connectivity index (χ0) is 22.2. The zero-order valence-electron chi connectivity index (χ0n) is 18.9. The van der Waals surface area contributed by atoms with Gasteiger partial charge in [0.15, 0.2) is 5.78 Å². The number of hydrogen-bond donors (Lipinski definition) is 1. The summed E-state index contributed by atoms with van der Waals surface area (Å²) in [6, 6.07) is 15.3.